The van der Waals surface area contributed by atoms with E-state index in [9.17, 15) is 4.79 Å². The zero-order valence-electron chi connectivity index (χ0n) is 12.3. The predicted molar refractivity (Wildman–Crippen MR) is 80.7 cm³/mol. The summed E-state index contributed by atoms with van der Waals surface area (Å²) < 4.78 is 7.02. The van der Waals surface area contributed by atoms with Gasteiger partial charge in [0.25, 0.3) is 0 Å². The van der Waals surface area contributed by atoms with Crippen molar-refractivity contribution in [2.24, 2.45) is 0 Å². The molecular formula is C13H18ClN5O2. The Bertz CT molecular complexity index is 641. The number of fused-ring (bicyclic) bond motifs is 1. The summed E-state index contributed by atoms with van der Waals surface area (Å²) in [6.07, 6.45) is 0. The van der Waals surface area contributed by atoms with Gasteiger partial charge in [-0.3, -0.25) is 0 Å². The Morgan fingerprint density at radius 3 is 2.81 bits per heavy atom. The van der Waals surface area contributed by atoms with Gasteiger partial charge < -0.3 is 19.5 Å². The molecule has 0 bridgehead atoms. The number of carbonyl (C=O) groups is 1. The van der Waals surface area contributed by atoms with Gasteiger partial charge in [0.15, 0.2) is 5.65 Å². The normalized spacial score (nSPS) is 10.7. The minimum Gasteiger partial charge on any atom is -0.481 e. The van der Waals surface area contributed by atoms with Crippen molar-refractivity contribution in [3.8, 4) is 5.88 Å². The van der Waals surface area contributed by atoms with Crippen molar-refractivity contribution in [3.63, 3.8) is 0 Å². The fourth-order valence-corrected chi connectivity index (χ4v) is 2.12. The summed E-state index contributed by atoms with van der Waals surface area (Å²) in [6, 6.07) is 3.45. The highest BCUT2D eigenvalue weighted by atomic mass is 35.5. The molecule has 0 aliphatic rings. The molecule has 2 heterocycles. The van der Waals surface area contributed by atoms with E-state index < -0.39 is 0 Å². The van der Waals surface area contributed by atoms with Gasteiger partial charge in [-0.15, -0.1) is 11.6 Å². The number of hydrogen-bond acceptors (Lipinski definition) is 4. The number of rotatable bonds is 5. The van der Waals surface area contributed by atoms with Crippen LogP contribution in [0.3, 0.4) is 0 Å². The quantitative estimate of drug-likeness (QED) is 0.848. The van der Waals surface area contributed by atoms with E-state index in [1.54, 1.807) is 27.3 Å². The second kappa shape index (κ2) is 6.62. The largest absolute Gasteiger partial charge is 0.481 e. The van der Waals surface area contributed by atoms with Gasteiger partial charge in [-0.25, -0.2) is 9.78 Å². The molecule has 8 heteroatoms. The molecule has 0 radical (unpaired) electrons. The van der Waals surface area contributed by atoms with Crippen LogP contribution in [0.25, 0.3) is 11.2 Å². The number of ether oxygens (including phenoxy) is 1. The van der Waals surface area contributed by atoms with E-state index in [2.05, 4.69) is 15.3 Å². The number of nitrogens with zero attached hydrogens (tertiary/aromatic N) is 4. The van der Waals surface area contributed by atoms with Crippen molar-refractivity contribution in [2.75, 3.05) is 27.7 Å². The highest BCUT2D eigenvalue weighted by molar-refractivity contribution is 6.16. The molecule has 0 unspecified atom stereocenters. The molecule has 0 fully saturated rings. The molecule has 0 aliphatic carbocycles. The summed E-state index contributed by atoms with van der Waals surface area (Å²) in [5.41, 5.74) is 1.45. The topological polar surface area (TPSA) is 72.3 Å². The lowest BCUT2D eigenvalue weighted by molar-refractivity contribution is 0.217. The third-order valence-corrected chi connectivity index (χ3v) is 3.23. The highest BCUT2D eigenvalue weighted by Crippen LogP contribution is 2.18. The summed E-state index contributed by atoms with van der Waals surface area (Å²) in [6.45, 7) is 1.00. The van der Waals surface area contributed by atoms with E-state index in [-0.39, 0.29) is 11.9 Å². The molecule has 114 valence electrons. The van der Waals surface area contributed by atoms with Crippen LogP contribution in [0.4, 0.5) is 4.79 Å². The van der Waals surface area contributed by atoms with Crippen LogP contribution in [0.1, 0.15) is 5.82 Å². The number of alkyl halides is 1. The molecule has 0 saturated heterocycles. The first-order chi connectivity index (χ1) is 10.1. The molecular weight excluding hydrogens is 294 g/mol. The van der Waals surface area contributed by atoms with Crippen LogP contribution < -0.4 is 10.1 Å². The Kier molecular flexibility index (Phi) is 4.85. The second-order valence-electron chi connectivity index (χ2n) is 4.64. The number of imidazole rings is 1. The van der Waals surface area contributed by atoms with Crippen molar-refractivity contribution >= 4 is 28.8 Å². The smallest absolute Gasteiger partial charge is 0.316 e. The van der Waals surface area contributed by atoms with E-state index in [0.29, 0.717) is 30.4 Å². The van der Waals surface area contributed by atoms with Gasteiger partial charge in [0.2, 0.25) is 5.88 Å². The lowest BCUT2D eigenvalue weighted by atomic mass is 10.4. The maximum atomic E-state index is 11.5. The van der Waals surface area contributed by atoms with Gasteiger partial charge in [-0.2, -0.15) is 4.98 Å². The summed E-state index contributed by atoms with van der Waals surface area (Å²) in [5.74, 6) is 1.51. The van der Waals surface area contributed by atoms with Gasteiger partial charge in [0.05, 0.1) is 13.0 Å². The van der Waals surface area contributed by atoms with Gasteiger partial charge in [0.1, 0.15) is 11.3 Å². The highest BCUT2D eigenvalue weighted by Gasteiger charge is 2.12. The van der Waals surface area contributed by atoms with Crippen molar-refractivity contribution in [1.29, 1.82) is 0 Å². The number of amides is 2. The summed E-state index contributed by atoms with van der Waals surface area (Å²) in [5, 5.41) is 2.80. The van der Waals surface area contributed by atoms with E-state index in [0.717, 1.165) is 5.52 Å². The molecule has 0 spiro atoms. The lowest BCUT2D eigenvalue weighted by Crippen LogP contribution is -2.36. The maximum Gasteiger partial charge on any atom is 0.316 e. The standard InChI is InChI=1S/C13H18ClN5O2/c1-18(2)13(20)15-6-7-19-10(8-14)16-9-4-5-11(21-3)17-12(9)19/h4-5H,6-8H2,1-3H3,(H,15,20). The number of nitrogens with one attached hydrogen (secondary N) is 1. The third-order valence-electron chi connectivity index (χ3n) is 2.99. The minimum absolute atomic E-state index is 0.141. The Morgan fingerprint density at radius 2 is 2.19 bits per heavy atom. The Hall–Kier alpha value is -2.02. The number of pyridine rings is 1. The van der Waals surface area contributed by atoms with E-state index in [1.165, 1.54) is 4.90 Å². The average molecular weight is 312 g/mol. The molecule has 2 amide bonds. The summed E-state index contributed by atoms with van der Waals surface area (Å²) >= 11 is 5.93. The molecule has 21 heavy (non-hydrogen) atoms. The summed E-state index contributed by atoms with van der Waals surface area (Å²) in [7, 11) is 4.95. The van der Waals surface area contributed by atoms with Crippen molar-refractivity contribution < 1.29 is 9.53 Å². The van der Waals surface area contributed by atoms with Crippen LogP contribution in [0.15, 0.2) is 12.1 Å². The van der Waals surface area contributed by atoms with Crippen molar-refractivity contribution in [1.82, 2.24) is 24.8 Å². The van der Waals surface area contributed by atoms with Crippen LogP contribution in [-0.4, -0.2) is 53.2 Å². The predicted octanol–water partition coefficient (Wildman–Crippen LogP) is 1.45. The summed E-state index contributed by atoms with van der Waals surface area (Å²) in [4.78, 5) is 21.8. The molecule has 2 rings (SSSR count). The molecule has 1 N–H and O–H groups in total. The number of methoxy groups -OCH3 is 1. The van der Waals surface area contributed by atoms with Crippen molar-refractivity contribution in [2.45, 2.75) is 12.4 Å². The SMILES string of the molecule is COc1ccc2nc(CCl)n(CCNC(=O)N(C)C)c2n1. The van der Waals surface area contributed by atoms with Gasteiger partial charge in [-0.1, -0.05) is 0 Å². The first-order valence-corrected chi connectivity index (χ1v) is 7.01. The Morgan fingerprint density at radius 1 is 1.43 bits per heavy atom. The van der Waals surface area contributed by atoms with Crippen LogP contribution in [0, 0.1) is 0 Å². The fraction of sp³-hybridized carbons (Fsp3) is 0.462. The lowest BCUT2D eigenvalue weighted by Gasteiger charge is -2.13. The van der Waals surface area contributed by atoms with E-state index >= 15 is 0 Å². The Labute approximate surface area is 127 Å². The number of urea groups is 1. The third kappa shape index (κ3) is 3.36. The molecule has 0 saturated carbocycles. The van der Waals surface area contributed by atoms with Gasteiger partial charge >= 0.3 is 6.03 Å². The van der Waals surface area contributed by atoms with Crippen LogP contribution in [0.2, 0.25) is 0 Å². The number of halogens is 1. The number of aromatic nitrogens is 3. The second-order valence-corrected chi connectivity index (χ2v) is 4.90. The van der Waals surface area contributed by atoms with Crippen LogP contribution in [0.5, 0.6) is 5.88 Å². The molecule has 0 atom stereocenters. The molecule has 2 aromatic rings. The van der Waals surface area contributed by atoms with Crippen LogP contribution >= 0.6 is 11.6 Å². The van der Waals surface area contributed by atoms with E-state index in [4.69, 9.17) is 16.3 Å². The molecule has 0 aromatic carbocycles. The zero-order chi connectivity index (χ0) is 15.4. The van der Waals surface area contributed by atoms with Crippen LogP contribution in [-0.2, 0) is 12.4 Å². The first-order valence-electron chi connectivity index (χ1n) is 6.48. The van der Waals surface area contributed by atoms with Gasteiger partial charge in [0, 0.05) is 33.3 Å². The Balaban J connectivity index is 2.22. The molecule has 2 aromatic heterocycles. The maximum absolute atomic E-state index is 11.5. The molecule has 7 nitrogen and oxygen atoms in total. The zero-order valence-corrected chi connectivity index (χ0v) is 13.0. The van der Waals surface area contributed by atoms with Gasteiger partial charge in [-0.05, 0) is 6.07 Å². The number of carbonyl (C=O) groups excluding carboxylic acids is 1. The van der Waals surface area contributed by atoms with Crippen molar-refractivity contribution in [3.05, 3.63) is 18.0 Å². The average Bonchev–Trinajstić information content (AvgIpc) is 2.84. The van der Waals surface area contributed by atoms with E-state index in [1.807, 2.05) is 10.6 Å². The minimum atomic E-state index is -0.141. The fourth-order valence-electron chi connectivity index (χ4n) is 1.91. The monoisotopic (exact) mass is 311 g/mol. The first kappa shape index (κ1) is 15.4. The number of hydrogen-bond donors (Lipinski definition) is 1. The molecule has 0 aliphatic heterocycles.